The van der Waals surface area contributed by atoms with E-state index in [1.54, 1.807) is 11.8 Å². The molecule has 2 N–H and O–H groups in total. The molecule has 1 unspecified atom stereocenters. The van der Waals surface area contributed by atoms with Crippen molar-refractivity contribution in [3.05, 3.63) is 47.3 Å². The van der Waals surface area contributed by atoms with Crippen LogP contribution in [0.25, 0.3) is 0 Å². The van der Waals surface area contributed by atoms with Crippen molar-refractivity contribution in [1.29, 1.82) is 0 Å². The molecular formula is C19H25N3O3S. The zero-order chi connectivity index (χ0) is 19.1. The fourth-order valence-corrected chi connectivity index (χ4v) is 3.63. The quantitative estimate of drug-likeness (QED) is 0.651. The summed E-state index contributed by atoms with van der Waals surface area (Å²) in [6, 6.07) is 9.64. The molecule has 1 heterocycles. The number of rotatable bonds is 9. The highest BCUT2D eigenvalue weighted by Gasteiger charge is 2.14. The van der Waals surface area contributed by atoms with Crippen LogP contribution in [0.15, 0.2) is 30.3 Å². The maximum atomic E-state index is 12.3. The largest absolute Gasteiger partial charge is 0.481 e. The van der Waals surface area contributed by atoms with Gasteiger partial charge in [-0.05, 0) is 44.5 Å². The van der Waals surface area contributed by atoms with E-state index >= 15 is 0 Å². The number of carboxylic acids is 1. The molecule has 1 amide bonds. The molecule has 0 aliphatic carbocycles. The minimum Gasteiger partial charge on any atom is -0.481 e. The highest BCUT2D eigenvalue weighted by Crippen LogP contribution is 2.19. The average molecular weight is 375 g/mol. The number of amides is 1. The van der Waals surface area contributed by atoms with Crippen molar-refractivity contribution >= 4 is 29.3 Å². The van der Waals surface area contributed by atoms with Gasteiger partial charge < -0.3 is 10.4 Å². The number of nitrogens with one attached hydrogen (secondary N) is 1. The van der Waals surface area contributed by atoms with Gasteiger partial charge in [-0.1, -0.05) is 12.1 Å². The van der Waals surface area contributed by atoms with Crippen molar-refractivity contribution in [2.75, 3.05) is 11.1 Å². The van der Waals surface area contributed by atoms with Gasteiger partial charge in [0, 0.05) is 29.3 Å². The van der Waals surface area contributed by atoms with Crippen LogP contribution < -0.4 is 5.32 Å². The number of anilines is 1. The standard InChI is InChI=1S/C19H25N3O3S/c1-13-9-14(2)22(21-13)15(3)10-18(23)20-17-6-4-5-16(11-17)12-26-8-7-19(24)25/h4-6,9,11,15H,7-8,10,12H2,1-3H3,(H,20,23)(H,24,25). The summed E-state index contributed by atoms with van der Waals surface area (Å²) in [7, 11) is 0. The van der Waals surface area contributed by atoms with Crippen LogP contribution in [0, 0.1) is 13.8 Å². The Morgan fingerprint density at radius 1 is 1.31 bits per heavy atom. The SMILES string of the molecule is Cc1cc(C)n(C(C)CC(=O)Nc2cccc(CSCCC(=O)O)c2)n1. The molecule has 0 aliphatic rings. The lowest BCUT2D eigenvalue weighted by Crippen LogP contribution is -2.19. The predicted molar refractivity (Wildman–Crippen MR) is 105 cm³/mol. The van der Waals surface area contributed by atoms with Crippen LogP contribution >= 0.6 is 11.8 Å². The minimum absolute atomic E-state index is 0.0153. The highest BCUT2D eigenvalue weighted by atomic mass is 32.2. The smallest absolute Gasteiger partial charge is 0.304 e. The lowest BCUT2D eigenvalue weighted by molar-refractivity contribution is -0.136. The molecular weight excluding hydrogens is 350 g/mol. The lowest BCUT2D eigenvalue weighted by Gasteiger charge is -2.14. The number of thioether (sulfide) groups is 1. The first-order chi connectivity index (χ1) is 12.3. The zero-order valence-electron chi connectivity index (χ0n) is 15.4. The van der Waals surface area contributed by atoms with Crippen LogP contribution in [-0.2, 0) is 15.3 Å². The summed E-state index contributed by atoms with van der Waals surface area (Å²) in [5.41, 5.74) is 3.81. The van der Waals surface area contributed by atoms with Crippen molar-refractivity contribution in [3.63, 3.8) is 0 Å². The van der Waals surface area contributed by atoms with Gasteiger partial charge >= 0.3 is 5.97 Å². The second kappa shape index (κ2) is 9.43. The van der Waals surface area contributed by atoms with Crippen LogP contribution in [0.1, 0.15) is 42.8 Å². The molecule has 0 saturated heterocycles. The molecule has 140 valence electrons. The lowest BCUT2D eigenvalue weighted by atomic mass is 10.2. The Bertz CT molecular complexity index is 773. The molecule has 0 fully saturated rings. The van der Waals surface area contributed by atoms with Gasteiger partial charge in [0.2, 0.25) is 5.91 Å². The van der Waals surface area contributed by atoms with E-state index in [1.807, 2.05) is 55.8 Å². The number of aromatic nitrogens is 2. The molecule has 1 atom stereocenters. The molecule has 1 aromatic heterocycles. The Morgan fingerprint density at radius 2 is 2.08 bits per heavy atom. The second-order valence-electron chi connectivity index (χ2n) is 6.37. The number of aliphatic carboxylic acids is 1. The number of carboxylic acid groups (broad SMARTS) is 1. The molecule has 0 saturated carbocycles. The Labute approximate surface area is 158 Å². The first-order valence-electron chi connectivity index (χ1n) is 8.56. The number of hydrogen-bond donors (Lipinski definition) is 2. The fourth-order valence-electron chi connectivity index (χ4n) is 2.75. The third-order valence-electron chi connectivity index (χ3n) is 3.88. The normalized spacial score (nSPS) is 12.0. The van der Waals surface area contributed by atoms with Crippen LogP contribution in [0.3, 0.4) is 0 Å². The fraction of sp³-hybridized carbons (Fsp3) is 0.421. The van der Waals surface area contributed by atoms with E-state index in [4.69, 9.17) is 5.11 Å². The molecule has 0 bridgehead atoms. The van der Waals surface area contributed by atoms with Crippen LogP contribution in [0.2, 0.25) is 0 Å². The van der Waals surface area contributed by atoms with Crippen LogP contribution in [-0.4, -0.2) is 32.5 Å². The predicted octanol–water partition coefficient (Wildman–Crippen LogP) is 3.80. The summed E-state index contributed by atoms with van der Waals surface area (Å²) >= 11 is 1.57. The van der Waals surface area contributed by atoms with E-state index in [9.17, 15) is 9.59 Å². The van der Waals surface area contributed by atoms with E-state index in [1.165, 1.54) is 0 Å². The van der Waals surface area contributed by atoms with Crippen molar-refractivity contribution in [2.24, 2.45) is 0 Å². The molecule has 6 nitrogen and oxygen atoms in total. The van der Waals surface area contributed by atoms with Crippen LogP contribution in [0.4, 0.5) is 5.69 Å². The third-order valence-corrected chi connectivity index (χ3v) is 4.91. The first kappa shape index (κ1) is 20.0. The van der Waals surface area contributed by atoms with Gasteiger partial charge in [0.05, 0.1) is 18.2 Å². The van der Waals surface area contributed by atoms with E-state index in [2.05, 4.69) is 10.4 Å². The Morgan fingerprint density at radius 3 is 2.73 bits per heavy atom. The Hall–Kier alpha value is -2.28. The summed E-state index contributed by atoms with van der Waals surface area (Å²) < 4.78 is 1.88. The summed E-state index contributed by atoms with van der Waals surface area (Å²) in [5, 5.41) is 16.0. The van der Waals surface area contributed by atoms with Crippen molar-refractivity contribution in [3.8, 4) is 0 Å². The van der Waals surface area contributed by atoms with Crippen molar-refractivity contribution in [1.82, 2.24) is 9.78 Å². The van der Waals surface area contributed by atoms with Gasteiger partial charge in [0.1, 0.15) is 0 Å². The van der Waals surface area contributed by atoms with Gasteiger partial charge in [-0.2, -0.15) is 16.9 Å². The Balaban J connectivity index is 1.87. The number of nitrogens with zero attached hydrogens (tertiary/aromatic N) is 2. The first-order valence-corrected chi connectivity index (χ1v) is 9.71. The number of carbonyl (C=O) groups excluding carboxylic acids is 1. The second-order valence-corrected chi connectivity index (χ2v) is 7.47. The van der Waals surface area contributed by atoms with Crippen molar-refractivity contribution < 1.29 is 14.7 Å². The number of aryl methyl sites for hydroxylation is 2. The molecule has 2 aromatic rings. The summed E-state index contributed by atoms with van der Waals surface area (Å²) in [5.74, 6) is 0.460. The minimum atomic E-state index is -0.782. The van der Waals surface area contributed by atoms with Gasteiger partial charge in [-0.15, -0.1) is 0 Å². The van der Waals surface area contributed by atoms with E-state index in [-0.39, 0.29) is 18.4 Å². The molecule has 0 radical (unpaired) electrons. The van der Waals surface area contributed by atoms with Gasteiger partial charge in [0.25, 0.3) is 0 Å². The molecule has 2 rings (SSSR count). The molecule has 26 heavy (non-hydrogen) atoms. The number of carbonyl (C=O) groups is 2. The van der Waals surface area contributed by atoms with E-state index < -0.39 is 5.97 Å². The zero-order valence-corrected chi connectivity index (χ0v) is 16.2. The molecule has 0 spiro atoms. The monoisotopic (exact) mass is 375 g/mol. The highest BCUT2D eigenvalue weighted by molar-refractivity contribution is 7.98. The number of benzene rings is 1. The van der Waals surface area contributed by atoms with Gasteiger partial charge in [-0.3, -0.25) is 14.3 Å². The Kier molecular flexibility index (Phi) is 7.26. The van der Waals surface area contributed by atoms with Crippen LogP contribution in [0.5, 0.6) is 0 Å². The van der Waals surface area contributed by atoms with Gasteiger partial charge in [-0.25, -0.2) is 0 Å². The summed E-state index contributed by atoms with van der Waals surface area (Å²) in [4.78, 5) is 22.9. The van der Waals surface area contributed by atoms with E-state index in [0.29, 0.717) is 12.2 Å². The van der Waals surface area contributed by atoms with Gasteiger partial charge in [0.15, 0.2) is 0 Å². The van der Waals surface area contributed by atoms with E-state index in [0.717, 1.165) is 28.4 Å². The number of hydrogen-bond acceptors (Lipinski definition) is 4. The maximum absolute atomic E-state index is 12.3. The third kappa shape index (κ3) is 6.22. The molecule has 0 aliphatic heterocycles. The maximum Gasteiger partial charge on any atom is 0.304 e. The molecule has 7 heteroatoms. The summed E-state index contributed by atoms with van der Waals surface area (Å²) in [6.45, 7) is 5.91. The average Bonchev–Trinajstić information content (AvgIpc) is 2.90. The summed E-state index contributed by atoms with van der Waals surface area (Å²) in [6.07, 6.45) is 0.505. The topological polar surface area (TPSA) is 84.2 Å². The van der Waals surface area contributed by atoms with Crippen molar-refractivity contribution in [2.45, 2.75) is 45.4 Å². The molecule has 1 aromatic carbocycles.